The SMILES string of the molecule is CCN(C(=O)Cn1c(CCNC(=O)c2ccc(Br)cc2)nc2ccccc21)c1ccccc1. The Kier molecular flexibility index (Phi) is 7.19. The van der Waals surface area contributed by atoms with Gasteiger partial charge in [-0.3, -0.25) is 9.59 Å². The van der Waals surface area contributed by atoms with Gasteiger partial charge in [-0.25, -0.2) is 4.98 Å². The van der Waals surface area contributed by atoms with Gasteiger partial charge in [0, 0.05) is 35.2 Å². The fraction of sp³-hybridized carbons (Fsp3) is 0.192. The van der Waals surface area contributed by atoms with Crippen LogP contribution in [0.15, 0.2) is 83.3 Å². The lowest BCUT2D eigenvalue weighted by Crippen LogP contribution is -2.34. The number of benzene rings is 3. The number of nitrogens with zero attached hydrogens (tertiary/aromatic N) is 3. The number of carbonyl (C=O) groups excluding carboxylic acids is 2. The highest BCUT2D eigenvalue weighted by molar-refractivity contribution is 9.10. The summed E-state index contributed by atoms with van der Waals surface area (Å²) >= 11 is 3.38. The van der Waals surface area contributed by atoms with Crippen molar-refractivity contribution < 1.29 is 9.59 Å². The number of halogens is 1. The van der Waals surface area contributed by atoms with Gasteiger partial charge >= 0.3 is 0 Å². The summed E-state index contributed by atoms with van der Waals surface area (Å²) in [5, 5.41) is 2.95. The zero-order valence-electron chi connectivity index (χ0n) is 18.4. The number of nitrogens with one attached hydrogen (secondary N) is 1. The molecule has 0 aliphatic carbocycles. The number of rotatable bonds is 8. The number of hydrogen-bond donors (Lipinski definition) is 1. The zero-order valence-corrected chi connectivity index (χ0v) is 20.0. The van der Waals surface area contributed by atoms with E-state index in [-0.39, 0.29) is 18.4 Å². The van der Waals surface area contributed by atoms with Gasteiger partial charge in [-0.05, 0) is 55.5 Å². The molecule has 0 saturated carbocycles. The topological polar surface area (TPSA) is 67.2 Å². The molecule has 2 amide bonds. The van der Waals surface area contributed by atoms with Gasteiger partial charge in [0.05, 0.1) is 11.0 Å². The number of imidazole rings is 1. The van der Waals surface area contributed by atoms with Gasteiger partial charge in [0.25, 0.3) is 5.91 Å². The maximum absolute atomic E-state index is 13.2. The normalized spacial score (nSPS) is 10.8. The van der Waals surface area contributed by atoms with Gasteiger partial charge in [0.2, 0.25) is 5.91 Å². The Morgan fingerprint density at radius 1 is 0.970 bits per heavy atom. The van der Waals surface area contributed by atoms with Crippen molar-refractivity contribution in [2.45, 2.75) is 19.9 Å². The minimum atomic E-state index is -0.137. The second kappa shape index (κ2) is 10.4. The van der Waals surface area contributed by atoms with Crippen LogP contribution in [0.5, 0.6) is 0 Å². The summed E-state index contributed by atoms with van der Waals surface area (Å²) in [4.78, 5) is 32.2. The number of anilines is 1. The Balaban J connectivity index is 1.51. The van der Waals surface area contributed by atoms with Crippen LogP contribution in [0.2, 0.25) is 0 Å². The maximum Gasteiger partial charge on any atom is 0.251 e. The van der Waals surface area contributed by atoms with Crippen LogP contribution >= 0.6 is 15.9 Å². The van der Waals surface area contributed by atoms with Crippen molar-refractivity contribution >= 4 is 44.5 Å². The quantitative estimate of drug-likeness (QED) is 0.373. The lowest BCUT2D eigenvalue weighted by atomic mass is 10.2. The molecule has 4 aromatic rings. The largest absolute Gasteiger partial charge is 0.352 e. The van der Waals surface area contributed by atoms with Gasteiger partial charge in [0.15, 0.2) is 0 Å². The lowest BCUT2D eigenvalue weighted by molar-refractivity contribution is -0.119. The van der Waals surface area contributed by atoms with Crippen molar-refractivity contribution in [1.82, 2.24) is 14.9 Å². The number of aromatic nitrogens is 2. The zero-order chi connectivity index (χ0) is 23.2. The summed E-state index contributed by atoms with van der Waals surface area (Å²) in [6.45, 7) is 3.14. The van der Waals surface area contributed by atoms with Crippen molar-refractivity contribution in [2.24, 2.45) is 0 Å². The summed E-state index contributed by atoms with van der Waals surface area (Å²) < 4.78 is 2.88. The van der Waals surface area contributed by atoms with E-state index in [0.29, 0.717) is 25.1 Å². The van der Waals surface area contributed by atoms with E-state index in [0.717, 1.165) is 27.0 Å². The predicted octanol–water partition coefficient (Wildman–Crippen LogP) is 4.82. The van der Waals surface area contributed by atoms with E-state index in [9.17, 15) is 9.59 Å². The second-order valence-electron chi connectivity index (χ2n) is 7.59. The lowest BCUT2D eigenvalue weighted by Gasteiger charge is -2.22. The number of carbonyl (C=O) groups is 2. The van der Waals surface area contributed by atoms with Crippen molar-refractivity contribution in [2.75, 3.05) is 18.0 Å². The first-order valence-electron chi connectivity index (χ1n) is 10.9. The third kappa shape index (κ3) is 5.31. The minimum Gasteiger partial charge on any atom is -0.352 e. The Morgan fingerprint density at radius 2 is 1.67 bits per heavy atom. The van der Waals surface area contributed by atoms with Gasteiger partial charge in [-0.1, -0.05) is 46.3 Å². The second-order valence-corrected chi connectivity index (χ2v) is 8.50. The van der Waals surface area contributed by atoms with E-state index >= 15 is 0 Å². The van der Waals surface area contributed by atoms with Crippen LogP contribution in [0.1, 0.15) is 23.1 Å². The summed E-state index contributed by atoms with van der Waals surface area (Å²) in [5.41, 5.74) is 3.22. The van der Waals surface area contributed by atoms with Crippen LogP contribution in [-0.4, -0.2) is 34.5 Å². The van der Waals surface area contributed by atoms with Crippen molar-refractivity contribution in [3.05, 3.63) is 94.7 Å². The number of likely N-dealkylation sites (N-methyl/N-ethyl adjacent to an activating group) is 1. The van der Waals surface area contributed by atoms with E-state index in [1.807, 2.05) is 78.2 Å². The van der Waals surface area contributed by atoms with Gasteiger partial charge < -0.3 is 14.8 Å². The fourth-order valence-electron chi connectivity index (χ4n) is 3.82. The molecule has 0 unspecified atom stereocenters. The molecule has 0 spiro atoms. The average molecular weight is 505 g/mol. The molecule has 1 aromatic heterocycles. The van der Waals surface area contributed by atoms with E-state index in [4.69, 9.17) is 4.98 Å². The molecule has 33 heavy (non-hydrogen) atoms. The molecular formula is C26H25BrN4O2. The molecule has 0 radical (unpaired) electrons. The smallest absolute Gasteiger partial charge is 0.251 e. The summed E-state index contributed by atoms with van der Waals surface area (Å²) in [6, 6.07) is 24.7. The molecule has 0 atom stereocenters. The third-order valence-electron chi connectivity index (χ3n) is 5.45. The van der Waals surface area contributed by atoms with Crippen molar-refractivity contribution in [1.29, 1.82) is 0 Å². The van der Waals surface area contributed by atoms with Crippen LogP contribution in [0.4, 0.5) is 5.69 Å². The Bertz CT molecular complexity index is 1250. The standard InChI is InChI=1S/C26H25BrN4O2/c1-2-30(21-8-4-3-5-9-21)25(32)18-31-23-11-7-6-10-22(23)29-24(31)16-17-28-26(33)19-12-14-20(27)15-13-19/h3-15H,2,16-18H2,1H3,(H,28,33). The van der Waals surface area contributed by atoms with E-state index in [1.54, 1.807) is 17.0 Å². The number of amides is 2. The minimum absolute atomic E-state index is 0.00741. The highest BCUT2D eigenvalue weighted by Crippen LogP contribution is 2.19. The Morgan fingerprint density at radius 3 is 2.39 bits per heavy atom. The maximum atomic E-state index is 13.2. The highest BCUT2D eigenvalue weighted by Gasteiger charge is 2.18. The average Bonchev–Trinajstić information content (AvgIpc) is 3.18. The highest BCUT2D eigenvalue weighted by atomic mass is 79.9. The van der Waals surface area contributed by atoms with Gasteiger partial charge in [-0.15, -0.1) is 0 Å². The summed E-state index contributed by atoms with van der Waals surface area (Å²) in [7, 11) is 0. The van der Waals surface area contributed by atoms with Gasteiger partial charge in [-0.2, -0.15) is 0 Å². The summed E-state index contributed by atoms with van der Waals surface area (Å²) in [6.07, 6.45) is 0.516. The Hall–Kier alpha value is -3.45. The molecule has 1 heterocycles. The number of hydrogen-bond acceptors (Lipinski definition) is 3. The molecule has 168 valence electrons. The number of para-hydroxylation sites is 3. The van der Waals surface area contributed by atoms with Crippen LogP contribution < -0.4 is 10.2 Å². The van der Waals surface area contributed by atoms with E-state index in [1.165, 1.54) is 0 Å². The van der Waals surface area contributed by atoms with Crippen LogP contribution in [0.3, 0.4) is 0 Å². The van der Waals surface area contributed by atoms with Crippen molar-refractivity contribution in [3.63, 3.8) is 0 Å². The van der Waals surface area contributed by atoms with Crippen LogP contribution in [-0.2, 0) is 17.8 Å². The van der Waals surface area contributed by atoms with Crippen LogP contribution in [0, 0.1) is 0 Å². The molecule has 0 aliphatic rings. The van der Waals surface area contributed by atoms with E-state index < -0.39 is 0 Å². The third-order valence-corrected chi connectivity index (χ3v) is 5.98. The molecule has 0 aliphatic heterocycles. The van der Waals surface area contributed by atoms with Crippen LogP contribution in [0.25, 0.3) is 11.0 Å². The molecule has 3 aromatic carbocycles. The first-order chi connectivity index (χ1) is 16.1. The molecule has 0 bridgehead atoms. The molecule has 0 fully saturated rings. The van der Waals surface area contributed by atoms with Gasteiger partial charge in [0.1, 0.15) is 12.4 Å². The van der Waals surface area contributed by atoms with E-state index in [2.05, 4.69) is 21.2 Å². The predicted molar refractivity (Wildman–Crippen MR) is 134 cm³/mol. The Labute approximate surface area is 201 Å². The molecule has 4 rings (SSSR count). The first kappa shape index (κ1) is 22.7. The summed E-state index contributed by atoms with van der Waals surface area (Å²) in [5.74, 6) is 0.624. The fourth-order valence-corrected chi connectivity index (χ4v) is 4.08. The monoisotopic (exact) mass is 504 g/mol. The first-order valence-corrected chi connectivity index (χ1v) is 11.7. The number of fused-ring (bicyclic) bond motifs is 1. The molecule has 6 nitrogen and oxygen atoms in total. The molecule has 0 saturated heterocycles. The van der Waals surface area contributed by atoms with Crippen molar-refractivity contribution in [3.8, 4) is 0 Å². The molecule has 1 N–H and O–H groups in total. The molecule has 7 heteroatoms. The molecular weight excluding hydrogens is 480 g/mol.